The third-order valence-corrected chi connectivity index (χ3v) is 8.33. The van der Waals surface area contributed by atoms with Gasteiger partial charge in [-0.25, -0.2) is 13.1 Å². The summed E-state index contributed by atoms with van der Waals surface area (Å²) in [7, 11) is -3.48. The highest BCUT2D eigenvalue weighted by molar-refractivity contribution is 7.91. The van der Waals surface area contributed by atoms with E-state index in [2.05, 4.69) is 23.5 Å². The molecular formula is C21H29N3O3S2. The summed E-state index contributed by atoms with van der Waals surface area (Å²) in [6.07, 6.45) is 1.24. The molecule has 1 aromatic heterocycles. The van der Waals surface area contributed by atoms with Gasteiger partial charge in [0.1, 0.15) is 10.3 Å². The van der Waals surface area contributed by atoms with Gasteiger partial charge in [-0.2, -0.15) is 0 Å². The first-order chi connectivity index (χ1) is 14.0. The molecule has 0 radical (unpaired) electrons. The summed E-state index contributed by atoms with van der Waals surface area (Å²) in [6.45, 7) is 6.83. The number of likely N-dealkylation sites (N-methyl/N-ethyl adjacent to an activating group) is 1. The molecule has 1 atom stereocenters. The van der Waals surface area contributed by atoms with Crippen LogP contribution >= 0.6 is 11.3 Å². The topological polar surface area (TPSA) is 69.7 Å². The van der Waals surface area contributed by atoms with Crippen LogP contribution in [0.1, 0.15) is 38.3 Å². The van der Waals surface area contributed by atoms with Gasteiger partial charge in [0.15, 0.2) is 0 Å². The van der Waals surface area contributed by atoms with Gasteiger partial charge >= 0.3 is 0 Å². The van der Waals surface area contributed by atoms with Crippen LogP contribution in [0.2, 0.25) is 0 Å². The SMILES string of the molecule is CCN(CC)C(C(=O)N1CCC(NS(=O)(=O)c2cccs2)CC1)c1ccccc1. The highest BCUT2D eigenvalue weighted by atomic mass is 32.2. The lowest BCUT2D eigenvalue weighted by molar-refractivity contribution is -0.138. The molecule has 3 rings (SSSR count). The van der Waals surface area contributed by atoms with E-state index in [4.69, 9.17) is 0 Å². The maximum absolute atomic E-state index is 13.4. The number of hydrogen-bond acceptors (Lipinski definition) is 5. The van der Waals surface area contributed by atoms with Crippen molar-refractivity contribution in [1.29, 1.82) is 0 Å². The van der Waals surface area contributed by atoms with Gasteiger partial charge in [0.05, 0.1) is 0 Å². The van der Waals surface area contributed by atoms with Crippen molar-refractivity contribution < 1.29 is 13.2 Å². The Labute approximate surface area is 177 Å². The lowest BCUT2D eigenvalue weighted by atomic mass is 10.0. The number of nitrogens with zero attached hydrogens (tertiary/aromatic N) is 2. The van der Waals surface area contributed by atoms with Crippen molar-refractivity contribution in [3.8, 4) is 0 Å². The van der Waals surface area contributed by atoms with E-state index in [1.54, 1.807) is 17.5 Å². The van der Waals surface area contributed by atoms with Gasteiger partial charge in [0, 0.05) is 19.1 Å². The van der Waals surface area contributed by atoms with Crippen molar-refractivity contribution >= 4 is 27.3 Å². The Morgan fingerprint density at radius 2 is 1.79 bits per heavy atom. The second-order valence-electron chi connectivity index (χ2n) is 7.19. The first kappa shape index (κ1) is 22.0. The van der Waals surface area contributed by atoms with E-state index in [0.29, 0.717) is 30.1 Å². The van der Waals surface area contributed by atoms with Crippen LogP contribution in [0.4, 0.5) is 0 Å². The van der Waals surface area contributed by atoms with Gasteiger partial charge in [-0.1, -0.05) is 50.2 Å². The number of carbonyl (C=O) groups is 1. The number of piperidine rings is 1. The van der Waals surface area contributed by atoms with Gasteiger partial charge in [-0.3, -0.25) is 9.69 Å². The molecule has 1 N–H and O–H groups in total. The summed E-state index contributed by atoms with van der Waals surface area (Å²) in [4.78, 5) is 17.4. The first-order valence-corrected chi connectivity index (χ1v) is 12.5. The lowest BCUT2D eigenvalue weighted by Gasteiger charge is -2.37. The minimum atomic E-state index is -3.48. The largest absolute Gasteiger partial charge is 0.341 e. The number of sulfonamides is 1. The van der Waals surface area contributed by atoms with Crippen LogP contribution in [0.15, 0.2) is 52.1 Å². The fourth-order valence-electron chi connectivity index (χ4n) is 3.82. The summed E-state index contributed by atoms with van der Waals surface area (Å²) in [5.41, 5.74) is 1.00. The van der Waals surface area contributed by atoms with E-state index in [1.165, 1.54) is 11.3 Å². The number of benzene rings is 1. The van der Waals surface area contributed by atoms with Crippen LogP contribution in [-0.4, -0.2) is 56.3 Å². The molecule has 0 saturated carbocycles. The van der Waals surface area contributed by atoms with Gasteiger partial charge < -0.3 is 4.90 Å². The van der Waals surface area contributed by atoms with Crippen LogP contribution < -0.4 is 4.72 Å². The van der Waals surface area contributed by atoms with Crippen molar-refractivity contribution in [2.24, 2.45) is 0 Å². The molecule has 1 aromatic carbocycles. The summed E-state index contributed by atoms with van der Waals surface area (Å²) in [6, 6.07) is 12.8. The third kappa shape index (κ3) is 5.25. The van der Waals surface area contributed by atoms with E-state index >= 15 is 0 Å². The number of hydrogen-bond donors (Lipinski definition) is 1. The number of likely N-dealkylation sites (tertiary alicyclic amines) is 1. The summed E-state index contributed by atoms with van der Waals surface area (Å²) in [5, 5.41) is 1.76. The van der Waals surface area contributed by atoms with Gasteiger partial charge in [0.25, 0.3) is 0 Å². The average molecular weight is 436 g/mol. The van der Waals surface area contributed by atoms with Crippen molar-refractivity contribution in [2.75, 3.05) is 26.2 Å². The van der Waals surface area contributed by atoms with E-state index in [-0.39, 0.29) is 18.0 Å². The monoisotopic (exact) mass is 435 g/mol. The zero-order valence-electron chi connectivity index (χ0n) is 17.0. The Balaban J connectivity index is 1.66. The molecule has 1 saturated heterocycles. The Morgan fingerprint density at radius 3 is 2.34 bits per heavy atom. The van der Waals surface area contributed by atoms with Crippen LogP contribution in [0.3, 0.4) is 0 Å². The lowest BCUT2D eigenvalue weighted by Crippen LogP contribution is -2.50. The van der Waals surface area contributed by atoms with Crippen LogP contribution in [0.25, 0.3) is 0 Å². The van der Waals surface area contributed by atoms with Crippen molar-refractivity contribution in [1.82, 2.24) is 14.5 Å². The quantitative estimate of drug-likeness (QED) is 0.692. The molecule has 0 aliphatic carbocycles. The Bertz CT molecular complexity index is 873. The van der Waals surface area contributed by atoms with E-state index in [9.17, 15) is 13.2 Å². The number of thiophene rings is 1. The molecule has 0 spiro atoms. The summed E-state index contributed by atoms with van der Waals surface area (Å²) < 4.78 is 28.0. The molecule has 6 nitrogen and oxygen atoms in total. The predicted octanol–water partition coefficient (Wildman–Crippen LogP) is 3.10. The Hall–Kier alpha value is -1.74. The predicted molar refractivity (Wildman–Crippen MR) is 116 cm³/mol. The Morgan fingerprint density at radius 1 is 1.14 bits per heavy atom. The standard InChI is InChI=1S/C21H29N3O3S2/c1-3-23(4-2)20(17-9-6-5-7-10-17)21(25)24-14-12-18(13-15-24)22-29(26,27)19-11-8-16-28-19/h5-11,16,18,20,22H,3-4,12-15H2,1-2H3. The van der Waals surface area contributed by atoms with E-state index in [1.807, 2.05) is 35.2 Å². The smallest absolute Gasteiger partial charge is 0.250 e. The van der Waals surface area contributed by atoms with Gasteiger partial charge in [-0.05, 0) is 42.9 Å². The summed E-state index contributed by atoms with van der Waals surface area (Å²) >= 11 is 1.21. The van der Waals surface area contributed by atoms with Crippen molar-refractivity contribution in [2.45, 2.75) is 43.0 Å². The molecule has 1 fully saturated rings. The van der Waals surface area contributed by atoms with Gasteiger partial charge in [-0.15, -0.1) is 11.3 Å². The molecule has 2 aromatic rings. The second kappa shape index (κ2) is 9.84. The zero-order chi connectivity index (χ0) is 20.9. The third-order valence-electron chi connectivity index (χ3n) is 5.42. The van der Waals surface area contributed by atoms with Crippen LogP contribution in [0, 0.1) is 0 Å². The highest BCUT2D eigenvalue weighted by Gasteiger charge is 2.33. The second-order valence-corrected chi connectivity index (χ2v) is 10.1. The normalized spacial score (nSPS) is 16.9. The molecule has 2 heterocycles. The number of nitrogens with one attached hydrogen (secondary N) is 1. The maximum Gasteiger partial charge on any atom is 0.250 e. The minimum absolute atomic E-state index is 0.0967. The molecule has 1 amide bonds. The number of amides is 1. The maximum atomic E-state index is 13.4. The van der Waals surface area contributed by atoms with E-state index < -0.39 is 10.0 Å². The van der Waals surface area contributed by atoms with Crippen LogP contribution in [-0.2, 0) is 14.8 Å². The van der Waals surface area contributed by atoms with Crippen LogP contribution in [0.5, 0.6) is 0 Å². The highest BCUT2D eigenvalue weighted by Crippen LogP contribution is 2.25. The molecule has 29 heavy (non-hydrogen) atoms. The molecule has 0 bridgehead atoms. The number of carbonyl (C=O) groups excluding carboxylic acids is 1. The van der Waals surface area contributed by atoms with Crippen molar-refractivity contribution in [3.63, 3.8) is 0 Å². The molecule has 8 heteroatoms. The first-order valence-electron chi connectivity index (χ1n) is 10.1. The minimum Gasteiger partial charge on any atom is -0.341 e. The van der Waals surface area contributed by atoms with E-state index in [0.717, 1.165) is 18.7 Å². The molecular weight excluding hydrogens is 406 g/mol. The summed E-state index contributed by atoms with van der Waals surface area (Å²) in [5.74, 6) is 0.0967. The average Bonchev–Trinajstić information content (AvgIpc) is 3.28. The molecule has 1 aliphatic rings. The number of rotatable bonds is 8. The molecule has 158 valence electrons. The molecule has 1 unspecified atom stereocenters. The Kier molecular flexibility index (Phi) is 7.45. The zero-order valence-corrected chi connectivity index (χ0v) is 18.6. The van der Waals surface area contributed by atoms with Gasteiger partial charge in [0.2, 0.25) is 15.9 Å². The van der Waals surface area contributed by atoms with Crippen molar-refractivity contribution in [3.05, 3.63) is 53.4 Å². The fourth-order valence-corrected chi connectivity index (χ4v) is 6.13. The molecule has 1 aliphatic heterocycles. The fraction of sp³-hybridized carbons (Fsp3) is 0.476.